The Morgan fingerprint density at radius 2 is 2.00 bits per heavy atom. The number of amides is 1. The van der Waals surface area contributed by atoms with Crippen LogP contribution in [0.15, 0.2) is 47.2 Å². The van der Waals surface area contributed by atoms with Crippen LogP contribution in [0.3, 0.4) is 0 Å². The van der Waals surface area contributed by atoms with Gasteiger partial charge in [-0.1, -0.05) is 24.3 Å². The molecule has 2 nitrogen and oxygen atoms in total. The van der Waals surface area contributed by atoms with Gasteiger partial charge in [0, 0.05) is 9.58 Å². The Morgan fingerprint density at radius 3 is 2.84 bits per heavy atom. The molecule has 0 saturated heterocycles. The standard InChI is InChI=1S/C15H13NOS2/c17-15(16-9-12-4-3-7-18-12)8-11-10-19-14-6-2-1-5-13(11)14/h1-7,10H,8-9H2,(H,16,17). The smallest absolute Gasteiger partial charge is 0.224 e. The molecule has 4 heteroatoms. The summed E-state index contributed by atoms with van der Waals surface area (Å²) >= 11 is 3.36. The highest BCUT2D eigenvalue weighted by molar-refractivity contribution is 7.17. The number of carbonyl (C=O) groups is 1. The summed E-state index contributed by atoms with van der Waals surface area (Å²) in [7, 11) is 0. The Hall–Kier alpha value is -1.65. The number of nitrogens with one attached hydrogen (secondary N) is 1. The molecular formula is C15H13NOS2. The molecule has 0 fully saturated rings. The zero-order valence-corrected chi connectivity index (χ0v) is 11.9. The summed E-state index contributed by atoms with van der Waals surface area (Å²) in [5.41, 5.74) is 1.12. The summed E-state index contributed by atoms with van der Waals surface area (Å²) in [5, 5.41) is 8.26. The topological polar surface area (TPSA) is 29.1 Å². The first-order valence-electron chi connectivity index (χ1n) is 6.07. The van der Waals surface area contributed by atoms with Gasteiger partial charge in [0.05, 0.1) is 13.0 Å². The van der Waals surface area contributed by atoms with Crippen LogP contribution < -0.4 is 5.32 Å². The maximum absolute atomic E-state index is 11.9. The van der Waals surface area contributed by atoms with E-state index in [0.29, 0.717) is 13.0 Å². The van der Waals surface area contributed by atoms with E-state index < -0.39 is 0 Å². The molecule has 1 amide bonds. The highest BCUT2D eigenvalue weighted by Crippen LogP contribution is 2.25. The third kappa shape index (κ3) is 2.85. The van der Waals surface area contributed by atoms with Crippen LogP contribution in [-0.4, -0.2) is 5.91 Å². The quantitative estimate of drug-likeness (QED) is 0.776. The van der Waals surface area contributed by atoms with Crippen LogP contribution in [0.4, 0.5) is 0 Å². The summed E-state index contributed by atoms with van der Waals surface area (Å²) in [4.78, 5) is 13.1. The second-order valence-corrected chi connectivity index (χ2v) is 6.23. The normalized spacial score (nSPS) is 10.7. The van der Waals surface area contributed by atoms with Gasteiger partial charge in [0.15, 0.2) is 0 Å². The van der Waals surface area contributed by atoms with Crippen molar-refractivity contribution in [2.45, 2.75) is 13.0 Å². The van der Waals surface area contributed by atoms with Gasteiger partial charge in [0.1, 0.15) is 0 Å². The molecule has 3 rings (SSSR count). The zero-order valence-electron chi connectivity index (χ0n) is 10.3. The molecule has 19 heavy (non-hydrogen) atoms. The summed E-state index contributed by atoms with van der Waals surface area (Å²) in [6, 6.07) is 12.2. The van der Waals surface area contributed by atoms with E-state index in [9.17, 15) is 4.79 Å². The van der Waals surface area contributed by atoms with E-state index in [2.05, 4.69) is 22.8 Å². The first-order chi connectivity index (χ1) is 9.33. The van der Waals surface area contributed by atoms with E-state index in [1.54, 1.807) is 22.7 Å². The van der Waals surface area contributed by atoms with Crippen LogP contribution in [0, 0.1) is 0 Å². The molecule has 0 unspecified atom stereocenters. The largest absolute Gasteiger partial charge is 0.351 e. The van der Waals surface area contributed by atoms with Crippen LogP contribution in [0.1, 0.15) is 10.4 Å². The number of hydrogen-bond acceptors (Lipinski definition) is 3. The number of benzene rings is 1. The molecule has 2 heterocycles. The minimum atomic E-state index is 0.0805. The number of fused-ring (bicyclic) bond motifs is 1. The van der Waals surface area contributed by atoms with Crippen LogP contribution in [0.5, 0.6) is 0 Å². The van der Waals surface area contributed by atoms with Gasteiger partial charge in [0.25, 0.3) is 0 Å². The van der Waals surface area contributed by atoms with Crippen molar-refractivity contribution in [3.05, 3.63) is 57.6 Å². The number of hydrogen-bond donors (Lipinski definition) is 1. The monoisotopic (exact) mass is 287 g/mol. The molecule has 0 aliphatic carbocycles. The molecule has 1 aromatic carbocycles. The van der Waals surface area contributed by atoms with Crippen molar-refractivity contribution in [2.24, 2.45) is 0 Å². The van der Waals surface area contributed by atoms with Gasteiger partial charge in [-0.25, -0.2) is 0 Å². The average molecular weight is 287 g/mol. The van der Waals surface area contributed by atoms with Crippen LogP contribution in [0.25, 0.3) is 10.1 Å². The van der Waals surface area contributed by atoms with Gasteiger partial charge in [-0.15, -0.1) is 22.7 Å². The van der Waals surface area contributed by atoms with Gasteiger partial charge in [-0.05, 0) is 33.8 Å². The van der Waals surface area contributed by atoms with Crippen LogP contribution >= 0.6 is 22.7 Å². The Labute approximate surface area is 119 Å². The maximum atomic E-state index is 11.9. The van der Waals surface area contributed by atoms with Crippen molar-refractivity contribution < 1.29 is 4.79 Å². The lowest BCUT2D eigenvalue weighted by molar-refractivity contribution is -0.120. The Kier molecular flexibility index (Phi) is 3.62. The SMILES string of the molecule is O=C(Cc1csc2ccccc12)NCc1cccs1. The minimum Gasteiger partial charge on any atom is -0.351 e. The fourth-order valence-electron chi connectivity index (χ4n) is 2.00. The van der Waals surface area contributed by atoms with Gasteiger partial charge in [0.2, 0.25) is 5.91 Å². The van der Waals surface area contributed by atoms with Gasteiger partial charge in [-0.3, -0.25) is 4.79 Å². The maximum Gasteiger partial charge on any atom is 0.224 e. The van der Waals surface area contributed by atoms with E-state index in [1.165, 1.54) is 15.0 Å². The number of thiophene rings is 2. The highest BCUT2D eigenvalue weighted by Gasteiger charge is 2.08. The van der Waals surface area contributed by atoms with E-state index in [4.69, 9.17) is 0 Å². The van der Waals surface area contributed by atoms with Crippen molar-refractivity contribution in [2.75, 3.05) is 0 Å². The molecule has 0 spiro atoms. The van der Waals surface area contributed by atoms with Crippen molar-refractivity contribution in [3.63, 3.8) is 0 Å². The molecule has 0 aliphatic heterocycles. The predicted molar refractivity (Wildman–Crippen MR) is 81.7 cm³/mol. The van der Waals surface area contributed by atoms with Crippen molar-refractivity contribution in [1.82, 2.24) is 5.32 Å². The summed E-state index contributed by atoms with van der Waals surface area (Å²) < 4.78 is 1.24. The van der Waals surface area contributed by atoms with Gasteiger partial charge in [-0.2, -0.15) is 0 Å². The van der Waals surface area contributed by atoms with E-state index in [-0.39, 0.29) is 5.91 Å². The van der Waals surface area contributed by atoms with Crippen molar-refractivity contribution in [3.8, 4) is 0 Å². The minimum absolute atomic E-state index is 0.0805. The van der Waals surface area contributed by atoms with E-state index in [1.807, 2.05) is 29.6 Å². The molecule has 3 aromatic rings. The van der Waals surface area contributed by atoms with Gasteiger partial charge >= 0.3 is 0 Å². The summed E-state index contributed by atoms with van der Waals surface area (Å²) in [5.74, 6) is 0.0805. The van der Waals surface area contributed by atoms with Crippen LogP contribution in [-0.2, 0) is 17.8 Å². The van der Waals surface area contributed by atoms with Crippen LogP contribution in [0.2, 0.25) is 0 Å². The molecule has 0 aliphatic rings. The average Bonchev–Trinajstić information content (AvgIpc) is 3.07. The third-order valence-electron chi connectivity index (χ3n) is 2.95. The molecule has 0 atom stereocenters. The highest BCUT2D eigenvalue weighted by atomic mass is 32.1. The van der Waals surface area contributed by atoms with E-state index in [0.717, 1.165) is 5.56 Å². The van der Waals surface area contributed by atoms with Crippen molar-refractivity contribution in [1.29, 1.82) is 0 Å². The van der Waals surface area contributed by atoms with Gasteiger partial charge < -0.3 is 5.32 Å². The molecular weight excluding hydrogens is 274 g/mol. The second-order valence-electron chi connectivity index (χ2n) is 4.29. The fraction of sp³-hybridized carbons (Fsp3) is 0.133. The zero-order chi connectivity index (χ0) is 13.1. The van der Waals surface area contributed by atoms with Crippen molar-refractivity contribution >= 4 is 38.7 Å². The first kappa shape index (κ1) is 12.4. The number of carbonyl (C=O) groups excluding carboxylic acids is 1. The molecule has 1 N–H and O–H groups in total. The Balaban J connectivity index is 1.66. The summed E-state index contributed by atoms with van der Waals surface area (Å²) in [6.45, 7) is 0.624. The Morgan fingerprint density at radius 1 is 1.11 bits per heavy atom. The lowest BCUT2D eigenvalue weighted by Crippen LogP contribution is -2.23. The predicted octanol–water partition coefficient (Wildman–Crippen LogP) is 3.82. The Bertz CT molecular complexity index is 685. The summed E-state index contributed by atoms with van der Waals surface area (Å²) in [6.07, 6.45) is 0.454. The molecule has 0 saturated carbocycles. The molecule has 0 radical (unpaired) electrons. The third-order valence-corrected chi connectivity index (χ3v) is 4.84. The number of rotatable bonds is 4. The lowest BCUT2D eigenvalue weighted by atomic mass is 10.1. The second kappa shape index (κ2) is 5.55. The molecule has 96 valence electrons. The first-order valence-corrected chi connectivity index (χ1v) is 7.83. The lowest BCUT2D eigenvalue weighted by Gasteiger charge is -2.03. The fourth-order valence-corrected chi connectivity index (χ4v) is 3.61. The molecule has 2 aromatic heterocycles. The van der Waals surface area contributed by atoms with E-state index >= 15 is 0 Å². The molecule has 0 bridgehead atoms.